The van der Waals surface area contributed by atoms with Gasteiger partial charge in [0.15, 0.2) is 0 Å². The van der Waals surface area contributed by atoms with Crippen molar-refractivity contribution < 1.29 is 4.42 Å². The Kier molecular flexibility index (Phi) is 5.06. The summed E-state index contributed by atoms with van der Waals surface area (Å²) in [5.41, 5.74) is 1.05. The molecule has 0 bridgehead atoms. The van der Waals surface area contributed by atoms with E-state index in [1.165, 1.54) is 32.4 Å². The van der Waals surface area contributed by atoms with Gasteiger partial charge in [0.2, 0.25) is 5.89 Å². The number of hydrogen-bond acceptors (Lipinski definition) is 5. The summed E-state index contributed by atoms with van der Waals surface area (Å²) in [5.74, 6) is 1.64. The van der Waals surface area contributed by atoms with Gasteiger partial charge >= 0.3 is 0 Å². The first-order valence-corrected chi connectivity index (χ1v) is 8.58. The Morgan fingerprint density at radius 2 is 2.29 bits per heavy atom. The zero-order chi connectivity index (χ0) is 14.5. The number of piperidine rings is 1. The van der Waals surface area contributed by atoms with Gasteiger partial charge in [-0.3, -0.25) is 4.90 Å². The first-order valence-electron chi connectivity index (χ1n) is 7.70. The van der Waals surface area contributed by atoms with E-state index in [0.29, 0.717) is 0 Å². The number of thiophene rings is 1. The van der Waals surface area contributed by atoms with Crippen molar-refractivity contribution in [3.8, 4) is 10.8 Å². The lowest BCUT2D eigenvalue weighted by atomic mass is 9.93. The maximum Gasteiger partial charge on any atom is 0.236 e. The van der Waals surface area contributed by atoms with Gasteiger partial charge in [-0.15, -0.1) is 11.3 Å². The number of oxazole rings is 1. The van der Waals surface area contributed by atoms with E-state index in [1.54, 1.807) is 11.3 Å². The SMILES string of the molecule is CNCCC1CCN(Cc2coc(-c3cccs3)n2)CC1. The second-order valence-electron chi connectivity index (χ2n) is 5.73. The average molecular weight is 305 g/mol. The molecule has 1 aliphatic heterocycles. The van der Waals surface area contributed by atoms with E-state index < -0.39 is 0 Å². The van der Waals surface area contributed by atoms with E-state index in [1.807, 2.05) is 25.4 Å². The smallest absolute Gasteiger partial charge is 0.236 e. The van der Waals surface area contributed by atoms with Gasteiger partial charge in [0.25, 0.3) is 0 Å². The number of aromatic nitrogens is 1. The van der Waals surface area contributed by atoms with Crippen LogP contribution in [0.5, 0.6) is 0 Å². The lowest BCUT2D eigenvalue weighted by Crippen LogP contribution is -2.34. The first kappa shape index (κ1) is 14.8. The standard InChI is InChI=1S/C16H23N3OS/c1-17-7-4-13-5-8-19(9-6-13)11-14-12-20-16(18-14)15-3-2-10-21-15/h2-3,10,12-13,17H,4-9,11H2,1H3. The van der Waals surface area contributed by atoms with E-state index in [9.17, 15) is 0 Å². The minimum atomic E-state index is 0.754. The van der Waals surface area contributed by atoms with Crippen LogP contribution in [-0.4, -0.2) is 36.6 Å². The zero-order valence-corrected chi connectivity index (χ0v) is 13.4. The molecule has 1 aliphatic rings. The number of likely N-dealkylation sites (tertiary alicyclic amines) is 1. The molecule has 1 fully saturated rings. The molecular formula is C16H23N3OS. The summed E-state index contributed by atoms with van der Waals surface area (Å²) in [7, 11) is 2.03. The second-order valence-corrected chi connectivity index (χ2v) is 6.68. The number of hydrogen-bond donors (Lipinski definition) is 1. The van der Waals surface area contributed by atoms with Crippen LogP contribution in [-0.2, 0) is 6.54 Å². The minimum Gasteiger partial charge on any atom is -0.444 e. The fraction of sp³-hybridized carbons (Fsp3) is 0.562. The Hall–Kier alpha value is -1.17. The van der Waals surface area contributed by atoms with Gasteiger partial charge < -0.3 is 9.73 Å². The van der Waals surface area contributed by atoms with Crippen LogP contribution in [0.15, 0.2) is 28.2 Å². The van der Waals surface area contributed by atoms with Gasteiger partial charge in [-0.1, -0.05) is 6.07 Å². The van der Waals surface area contributed by atoms with Crippen molar-refractivity contribution in [2.24, 2.45) is 5.92 Å². The first-order chi connectivity index (χ1) is 10.3. The summed E-state index contributed by atoms with van der Waals surface area (Å²) in [6.07, 6.45) is 5.72. The van der Waals surface area contributed by atoms with Crippen LogP contribution < -0.4 is 5.32 Å². The highest BCUT2D eigenvalue weighted by Crippen LogP contribution is 2.25. The van der Waals surface area contributed by atoms with E-state index >= 15 is 0 Å². The third kappa shape index (κ3) is 3.93. The Bertz CT molecular complexity index is 529. The summed E-state index contributed by atoms with van der Waals surface area (Å²) in [6.45, 7) is 4.40. The Balaban J connectivity index is 1.49. The molecule has 0 spiro atoms. The Morgan fingerprint density at radius 3 is 3.00 bits per heavy atom. The molecule has 21 heavy (non-hydrogen) atoms. The normalized spacial score (nSPS) is 17.4. The number of nitrogens with zero attached hydrogens (tertiary/aromatic N) is 2. The molecule has 0 atom stereocenters. The van der Waals surface area contributed by atoms with Gasteiger partial charge in [0.1, 0.15) is 6.26 Å². The highest BCUT2D eigenvalue weighted by Gasteiger charge is 2.20. The molecule has 0 saturated carbocycles. The largest absolute Gasteiger partial charge is 0.444 e. The zero-order valence-electron chi connectivity index (χ0n) is 12.5. The molecule has 1 N–H and O–H groups in total. The highest BCUT2D eigenvalue weighted by molar-refractivity contribution is 7.13. The Labute approximate surface area is 130 Å². The van der Waals surface area contributed by atoms with Crippen molar-refractivity contribution in [3.05, 3.63) is 29.5 Å². The molecule has 2 aromatic heterocycles. The van der Waals surface area contributed by atoms with Crippen LogP contribution in [0, 0.1) is 5.92 Å². The van der Waals surface area contributed by atoms with E-state index in [-0.39, 0.29) is 0 Å². The number of nitrogens with one attached hydrogen (secondary N) is 1. The average Bonchev–Trinajstić information content (AvgIpc) is 3.17. The fourth-order valence-electron chi connectivity index (χ4n) is 2.90. The van der Waals surface area contributed by atoms with Crippen molar-refractivity contribution >= 4 is 11.3 Å². The predicted octanol–water partition coefficient (Wildman–Crippen LogP) is 3.22. The van der Waals surface area contributed by atoms with Crippen molar-refractivity contribution in [1.29, 1.82) is 0 Å². The van der Waals surface area contributed by atoms with Gasteiger partial charge in [0.05, 0.1) is 10.6 Å². The van der Waals surface area contributed by atoms with Gasteiger partial charge in [-0.05, 0) is 63.3 Å². The van der Waals surface area contributed by atoms with Crippen LogP contribution in [0.1, 0.15) is 25.0 Å². The van der Waals surface area contributed by atoms with Crippen LogP contribution in [0.25, 0.3) is 10.8 Å². The highest BCUT2D eigenvalue weighted by atomic mass is 32.1. The molecule has 4 nitrogen and oxygen atoms in total. The maximum absolute atomic E-state index is 5.59. The monoisotopic (exact) mass is 305 g/mol. The lowest BCUT2D eigenvalue weighted by molar-refractivity contribution is 0.170. The fourth-order valence-corrected chi connectivity index (χ4v) is 3.56. The van der Waals surface area contributed by atoms with Crippen LogP contribution in [0.2, 0.25) is 0 Å². The molecule has 2 aromatic rings. The van der Waals surface area contributed by atoms with Gasteiger partial charge in [0, 0.05) is 6.54 Å². The summed E-state index contributed by atoms with van der Waals surface area (Å²) >= 11 is 1.67. The summed E-state index contributed by atoms with van der Waals surface area (Å²) < 4.78 is 5.59. The lowest BCUT2D eigenvalue weighted by Gasteiger charge is -2.31. The third-order valence-electron chi connectivity index (χ3n) is 4.18. The van der Waals surface area contributed by atoms with Crippen LogP contribution >= 0.6 is 11.3 Å². The van der Waals surface area contributed by atoms with Crippen molar-refractivity contribution in [3.63, 3.8) is 0 Å². The molecule has 0 aliphatic carbocycles. The summed E-state index contributed by atoms with van der Waals surface area (Å²) in [4.78, 5) is 8.20. The molecule has 3 heterocycles. The second kappa shape index (κ2) is 7.20. The molecule has 114 valence electrons. The summed E-state index contributed by atoms with van der Waals surface area (Å²) in [5, 5.41) is 5.30. The topological polar surface area (TPSA) is 41.3 Å². The van der Waals surface area contributed by atoms with Crippen molar-refractivity contribution in [2.75, 3.05) is 26.7 Å². The molecule has 5 heteroatoms. The third-order valence-corrected chi connectivity index (χ3v) is 5.04. The van der Waals surface area contributed by atoms with Gasteiger partial charge in [-0.2, -0.15) is 0 Å². The molecule has 0 unspecified atom stereocenters. The maximum atomic E-state index is 5.59. The Morgan fingerprint density at radius 1 is 1.43 bits per heavy atom. The summed E-state index contributed by atoms with van der Waals surface area (Å²) in [6, 6.07) is 4.08. The predicted molar refractivity (Wildman–Crippen MR) is 86.4 cm³/mol. The molecule has 0 amide bonds. The van der Waals surface area contributed by atoms with Crippen molar-refractivity contribution in [2.45, 2.75) is 25.8 Å². The van der Waals surface area contributed by atoms with E-state index in [0.717, 1.165) is 35.5 Å². The van der Waals surface area contributed by atoms with E-state index in [4.69, 9.17) is 4.42 Å². The van der Waals surface area contributed by atoms with Crippen molar-refractivity contribution in [1.82, 2.24) is 15.2 Å². The molecule has 0 aromatic carbocycles. The van der Waals surface area contributed by atoms with Crippen LogP contribution in [0.3, 0.4) is 0 Å². The van der Waals surface area contributed by atoms with Crippen LogP contribution in [0.4, 0.5) is 0 Å². The quantitative estimate of drug-likeness (QED) is 0.889. The molecule has 0 radical (unpaired) electrons. The molecule has 3 rings (SSSR count). The molecular weight excluding hydrogens is 282 g/mol. The van der Waals surface area contributed by atoms with E-state index in [2.05, 4.69) is 20.6 Å². The molecule has 1 saturated heterocycles. The minimum absolute atomic E-state index is 0.754. The van der Waals surface area contributed by atoms with Gasteiger partial charge in [-0.25, -0.2) is 4.98 Å². The number of rotatable bonds is 6.